The van der Waals surface area contributed by atoms with Gasteiger partial charge in [-0.1, -0.05) is 11.6 Å². The van der Waals surface area contributed by atoms with E-state index in [1.807, 2.05) is 0 Å². The van der Waals surface area contributed by atoms with E-state index in [0.717, 1.165) is 34.8 Å². The molecule has 0 atom stereocenters. The van der Waals surface area contributed by atoms with Gasteiger partial charge in [-0.05, 0) is 49.4 Å². The van der Waals surface area contributed by atoms with Crippen LogP contribution < -0.4 is 19.3 Å². The Morgan fingerprint density at radius 2 is 1.56 bits per heavy atom. The molecule has 0 saturated carbocycles. The minimum Gasteiger partial charge on any atom is -0.493 e. The molecule has 0 saturated heterocycles. The number of aromatic nitrogens is 1. The van der Waals surface area contributed by atoms with E-state index in [1.54, 1.807) is 6.92 Å². The Morgan fingerprint density at radius 3 is 2.23 bits per heavy atom. The van der Waals surface area contributed by atoms with Gasteiger partial charge in [-0.25, -0.2) is 25.9 Å². The summed E-state index contributed by atoms with van der Waals surface area (Å²) < 4.78 is 81.5. The number of aryl methyl sites for hydroxylation is 1. The molecule has 0 aliphatic carbocycles. The number of anilines is 2. The summed E-state index contributed by atoms with van der Waals surface area (Å²) in [6, 6.07) is 11.4. The maximum Gasteiger partial charge on any atom is 0.254 e. The van der Waals surface area contributed by atoms with E-state index in [2.05, 4.69) is 0 Å². The molecule has 12 heteroatoms. The predicted octanol–water partition coefficient (Wildman–Crippen LogP) is 6.41. The van der Waals surface area contributed by atoms with E-state index in [9.17, 15) is 26.4 Å². The number of ether oxygens (including phenoxy) is 2. The summed E-state index contributed by atoms with van der Waals surface area (Å²) in [5.74, 6) is -2.62. The van der Waals surface area contributed by atoms with E-state index in [1.165, 1.54) is 48.1 Å². The Hall–Kier alpha value is -3.96. The second kappa shape index (κ2) is 11.0. The maximum atomic E-state index is 14.5. The van der Waals surface area contributed by atoms with Crippen LogP contribution in [0.15, 0.2) is 71.7 Å². The fourth-order valence-corrected chi connectivity index (χ4v) is 5.12. The lowest BCUT2D eigenvalue weighted by molar-refractivity contribution is 0.340. The van der Waals surface area contributed by atoms with Crippen LogP contribution in [-0.4, -0.2) is 25.8 Å². The van der Waals surface area contributed by atoms with E-state index in [-0.39, 0.29) is 51.4 Å². The van der Waals surface area contributed by atoms with Gasteiger partial charge in [0.05, 0.1) is 29.3 Å². The predicted molar refractivity (Wildman–Crippen MR) is 143 cm³/mol. The number of hydrogen-bond acceptors (Lipinski definition) is 5. The zero-order valence-electron chi connectivity index (χ0n) is 20.9. The third-order valence-corrected chi connectivity index (χ3v) is 6.94. The molecule has 204 valence electrons. The van der Waals surface area contributed by atoms with Crippen LogP contribution >= 0.6 is 11.6 Å². The molecule has 0 bridgehead atoms. The number of sulfonamides is 1. The number of pyridine rings is 1. The summed E-state index contributed by atoms with van der Waals surface area (Å²) in [5, 5.41) is -0.0332. The van der Waals surface area contributed by atoms with Gasteiger partial charge in [-0.3, -0.25) is 4.79 Å². The Bertz CT molecular complexity index is 1730. The molecule has 0 fully saturated rings. The van der Waals surface area contributed by atoms with Gasteiger partial charge >= 0.3 is 0 Å². The van der Waals surface area contributed by atoms with Crippen molar-refractivity contribution in [2.24, 2.45) is 7.05 Å². The highest BCUT2D eigenvalue weighted by Gasteiger charge is 2.26. The summed E-state index contributed by atoms with van der Waals surface area (Å²) >= 11 is 6.25. The smallest absolute Gasteiger partial charge is 0.254 e. The van der Waals surface area contributed by atoms with Gasteiger partial charge in [0, 0.05) is 42.6 Å². The van der Waals surface area contributed by atoms with Crippen LogP contribution in [0.1, 0.15) is 6.92 Å². The lowest BCUT2D eigenvalue weighted by atomic mass is 10.0. The number of rotatable bonds is 8. The zero-order chi connectivity index (χ0) is 28.5. The lowest BCUT2D eigenvalue weighted by Crippen LogP contribution is -2.25. The molecule has 0 N–H and O–H groups in total. The van der Waals surface area contributed by atoms with Gasteiger partial charge in [0.15, 0.2) is 11.6 Å². The number of halogens is 4. The van der Waals surface area contributed by atoms with Crippen molar-refractivity contribution in [3.63, 3.8) is 0 Å². The van der Waals surface area contributed by atoms with E-state index in [4.69, 9.17) is 21.1 Å². The molecular weight excluding hydrogens is 557 g/mol. The summed E-state index contributed by atoms with van der Waals surface area (Å²) in [5.41, 5.74) is 0.000328. The highest BCUT2D eigenvalue weighted by atomic mass is 35.5. The molecule has 0 aliphatic rings. The second-order valence-corrected chi connectivity index (χ2v) is 10.7. The average molecular weight is 579 g/mol. The van der Waals surface area contributed by atoms with E-state index < -0.39 is 27.5 Å². The molecule has 0 spiro atoms. The van der Waals surface area contributed by atoms with Gasteiger partial charge in [-0.15, -0.1) is 0 Å². The molecule has 4 aromatic rings. The standard InChI is InChI=1S/C27H22ClF3N2O5S/c1-4-37-26-14-27(34)32(2)15-20(26)19-13-18(7-10-24(19)38-25-9-6-16(29)11-22(25)31)33(39(3,35)36)23-12-17(30)5-8-21(23)28/h5-15H,4H2,1-3H3. The van der Waals surface area contributed by atoms with Crippen molar-refractivity contribution >= 4 is 33.0 Å². The Balaban J connectivity index is 2.01. The highest BCUT2D eigenvalue weighted by molar-refractivity contribution is 7.92. The summed E-state index contributed by atoms with van der Waals surface area (Å²) in [4.78, 5) is 12.3. The van der Waals surface area contributed by atoms with Gasteiger partial charge in [0.2, 0.25) is 10.0 Å². The van der Waals surface area contributed by atoms with Crippen LogP contribution in [0.25, 0.3) is 11.1 Å². The first-order valence-electron chi connectivity index (χ1n) is 11.4. The Kier molecular flexibility index (Phi) is 7.94. The molecule has 0 unspecified atom stereocenters. The molecule has 7 nitrogen and oxygen atoms in total. The molecule has 1 heterocycles. The molecule has 3 aromatic carbocycles. The quantitative estimate of drug-likeness (QED) is 0.241. The van der Waals surface area contributed by atoms with Gasteiger partial charge < -0.3 is 14.0 Å². The van der Waals surface area contributed by atoms with Crippen molar-refractivity contribution in [2.45, 2.75) is 6.92 Å². The van der Waals surface area contributed by atoms with Gasteiger partial charge in [-0.2, -0.15) is 0 Å². The zero-order valence-corrected chi connectivity index (χ0v) is 22.5. The van der Waals surface area contributed by atoms with Gasteiger partial charge in [0.1, 0.15) is 23.1 Å². The first-order valence-corrected chi connectivity index (χ1v) is 13.7. The topological polar surface area (TPSA) is 77.8 Å². The molecule has 39 heavy (non-hydrogen) atoms. The first kappa shape index (κ1) is 28.1. The monoisotopic (exact) mass is 578 g/mol. The molecule has 0 radical (unpaired) electrons. The van der Waals surface area contributed by atoms with Crippen LogP contribution in [0.2, 0.25) is 5.02 Å². The minimum atomic E-state index is -4.07. The SMILES string of the molecule is CCOc1cc(=O)n(C)cc1-c1cc(N(c2cc(F)ccc2Cl)S(C)(=O)=O)ccc1Oc1ccc(F)cc1F. The van der Waals surface area contributed by atoms with Crippen molar-refractivity contribution in [2.75, 3.05) is 17.2 Å². The third-order valence-electron chi connectivity index (χ3n) is 5.55. The Morgan fingerprint density at radius 1 is 0.897 bits per heavy atom. The van der Waals surface area contributed by atoms with E-state index in [0.29, 0.717) is 11.6 Å². The second-order valence-electron chi connectivity index (χ2n) is 8.41. The molecule has 4 rings (SSSR count). The highest BCUT2D eigenvalue weighted by Crippen LogP contribution is 2.43. The van der Waals surface area contributed by atoms with Crippen molar-refractivity contribution in [3.05, 3.63) is 99.7 Å². The lowest BCUT2D eigenvalue weighted by Gasteiger charge is -2.25. The fourth-order valence-electron chi connectivity index (χ4n) is 3.86. The summed E-state index contributed by atoms with van der Waals surface area (Å²) in [6.45, 7) is 1.90. The first-order chi connectivity index (χ1) is 18.4. The van der Waals surface area contributed by atoms with Crippen molar-refractivity contribution < 1.29 is 31.1 Å². The number of benzene rings is 3. The summed E-state index contributed by atoms with van der Waals surface area (Å²) in [7, 11) is -2.57. The normalized spacial score (nSPS) is 11.4. The van der Waals surface area contributed by atoms with Crippen molar-refractivity contribution in [1.82, 2.24) is 4.57 Å². The minimum absolute atomic E-state index is 0.0302. The van der Waals surface area contributed by atoms with Crippen molar-refractivity contribution in [1.29, 1.82) is 0 Å². The molecular formula is C27H22ClF3N2O5S. The van der Waals surface area contributed by atoms with Crippen LogP contribution in [-0.2, 0) is 17.1 Å². The molecule has 1 aromatic heterocycles. The Labute approximate surface area is 227 Å². The van der Waals surface area contributed by atoms with Crippen molar-refractivity contribution in [3.8, 4) is 28.4 Å². The van der Waals surface area contributed by atoms with Crippen LogP contribution in [0.5, 0.6) is 17.2 Å². The van der Waals surface area contributed by atoms with E-state index >= 15 is 0 Å². The third kappa shape index (κ3) is 6.04. The fraction of sp³-hybridized carbons (Fsp3) is 0.148. The maximum absolute atomic E-state index is 14.5. The largest absolute Gasteiger partial charge is 0.493 e. The number of nitrogens with zero attached hydrogens (tertiary/aromatic N) is 2. The molecule has 0 amide bonds. The summed E-state index contributed by atoms with van der Waals surface area (Å²) in [6.07, 6.45) is 2.37. The number of hydrogen-bond donors (Lipinski definition) is 0. The van der Waals surface area contributed by atoms with Gasteiger partial charge in [0.25, 0.3) is 5.56 Å². The van der Waals surface area contributed by atoms with Crippen LogP contribution in [0, 0.1) is 17.5 Å². The average Bonchev–Trinajstić information content (AvgIpc) is 2.85. The van der Waals surface area contributed by atoms with Crippen LogP contribution in [0.4, 0.5) is 24.5 Å². The molecule has 0 aliphatic heterocycles. The van der Waals surface area contributed by atoms with Crippen LogP contribution in [0.3, 0.4) is 0 Å².